The smallest absolute Gasteiger partial charge is 0.226 e. The number of benzene rings is 2. The molecule has 7 rings (SSSR count). The van der Waals surface area contributed by atoms with E-state index in [4.69, 9.17) is 0 Å². The predicted octanol–water partition coefficient (Wildman–Crippen LogP) is 7.02. The third-order valence-electron chi connectivity index (χ3n) is 7.95. The van der Waals surface area contributed by atoms with E-state index in [-0.39, 0.29) is 5.41 Å². The van der Waals surface area contributed by atoms with Gasteiger partial charge in [0.05, 0.1) is 5.69 Å². The lowest BCUT2D eigenvalue weighted by Crippen LogP contribution is -2.53. The minimum atomic E-state index is -0.0528. The molecule has 32 heavy (non-hydrogen) atoms. The summed E-state index contributed by atoms with van der Waals surface area (Å²) in [6.07, 6.45) is 7.53. The summed E-state index contributed by atoms with van der Waals surface area (Å²) in [5.74, 6) is 3.64. The molecule has 0 unspecified atom stereocenters. The Morgan fingerprint density at radius 3 is 2.34 bits per heavy atom. The third-order valence-corrected chi connectivity index (χ3v) is 9.59. The van der Waals surface area contributed by atoms with E-state index in [9.17, 15) is 4.79 Å². The van der Waals surface area contributed by atoms with Gasteiger partial charge in [0.15, 0.2) is 0 Å². The Labute approximate surface area is 202 Å². The number of carbonyl (C=O) groups is 1. The van der Waals surface area contributed by atoms with Gasteiger partial charge in [0.1, 0.15) is 0 Å². The van der Waals surface area contributed by atoms with Crippen molar-refractivity contribution in [3.8, 4) is 11.3 Å². The summed E-state index contributed by atoms with van der Waals surface area (Å²) in [5, 5.41) is 4.59. The van der Waals surface area contributed by atoms with Crippen LogP contribution >= 0.6 is 27.7 Å². The van der Waals surface area contributed by atoms with Crippen LogP contribution in [0.1, 0.15) is 38.5 Å². The van der Waals surface area contributed by atoms with Gasteiger partial charge in [0.25, 0.3) is 0 Å². The molecule has 0 radical (unpaired) electrons. The quantitative estimate of drug-likeness (QED) is 0.277. The second-order valence-corrected chi connectivity index (χ2v) is 12.2. The summed E-state index contributed by atoms with van der Waals surface area (Å²) >= 11 is 5.38. The lowest BCUT2D eigenvalue weighted by atomic mass is 9.49. The van der Waals surface area contributed by atoms with E-state index in [1.807, 2.05) is 11.8 Å². The number of halogens is 1. The van der Waals surface area contributed by atoms with Gasteiger partial charge in [-0.05, 0) is 80.0 Å². The number of thioether (sulfide) groups is 1. The molecule has 4 aliphatic carbocycles. The summed E-state index contributed by atoms with van der Waals surface area (Å²) < 4.78 is 1.08. The first-order valence-corrected chi connectivity index (χ1v) is 13.7. The number of hydrogen-bond acceptors (Lipinski definition) is 2. The fraction of sp³-hybridized carbons (Fsp3) is 0.444. The van der Waals surface area contributed by atoms with Crippen molar-refractivity contribution in [1.29, 1.82) is 0 Å². The van der Waals surface area contributed by atoms with Gasteiger partial charge in [-0.2, -0.15) is 0 Å². The maximum atomic E-state index is 13.3. The maximum Gasteiger partial charge on any atom is 0.226 e. The molecule has 3 aromatic rings. The minimum absolute atomic E-state index is 0.0528. The van der Waals surface area contributed by atoms with Crippen LogP contribution in [0.15, 0.2) is 57.9 Å². The molecule has 1 heterocycles. The number of nitrogens with one attached hydrogen (secondary N) is 2. The van der Waals surface area contributed by atoms with Gasteiger partial charge in [0, 0.05) is 38.0 Å². The number of carbonyl (C=O) groups excluding carboxylic acids is 1. The highest BCUT2D eigenvalue weighted by molar-refractivity contribution is 9.10. The van der Waals surface area contributed by atoms with E-state index in [1.54, 1.807) is 0 Å². The molecule has 0 aliphatic heterocycles. The zero-order valence-corrected chi connectivity index (χ0v) is 20.6. The topological polar surface area (TPSA) is 44.9 Å². The highest BCUT2D eigenvalue weighted by atomic mass is 79.9. The molecule has 0 atom stereocenters. The SMILES string of the molecule is O=C(NCCSc1c(-c2ccc(Br)cc2)[nH]c2ccccc12)C12CC3CC(CC(C3)C1)C2. The number of aromatic nitrogens is 1. The van der Waals surface area contributed by atoms with Crippen molar-refractivity contribution in [3.05, 3.63) is 53.0 Å². The average Bonchev–Trinajstić information content (AvgIpc) is 3.15. The van der Waals surface area contributed by atoms with Crippen LogP contribution in [0.5, 0.6) is 0 Å². The highest BCUT2D eigenvalue weighted by Crippen LogP contribution is 2.60. The molecule has 3 nitrogen and oxygen atoms in total. The molecule has 0 spiro atoms. The van der Waals surface area contributed by atoms with Crippen molar-refractivity contribution in [2.24, 2.45) is 23.2 Å². The summed E-state index contributed by atoms with van der Waals surface area (Å²) in [6, 6.07) is 17.0. The van der Waals surface area contributed by atoms with Crippen molar-refractivity contribution in [1.82, 2.24) is 10.3 Å². The normalized spacial score (nSPS) is 28.3. The molecule has 1 amide bonds. The number of para-hydroxylation sites is 1. The van der Waals surface area contributed by atoms with Crippen LogP contribution in [0.2, 0.25) is 0 Å². The van der Waals surface area contributed by atoms with Crippen LogP contribution in [-0.4, -0.2) is 23.2 Å². The molecule has 4 bridgehead atoms. The second kappa shape index (κ2) is 8.25. The molecule has 5 heteroatoms. The van der Waals surface area contributed by atoms with Crippen LogP contribution in [0.4, 0.5) is 0 Å². The zero-order chi connectivity index (χ0) is 21.7. The first kappa shape index (κ1) is 20.9. The number of aromatic amines is 1. The number of H-pyrrole nitrogens is 1. The van der Waals surface area contributed by atoms with Gasteiger partial charge >= 0.3 is 0 Å². The van der Waals surface area contributed by atoms with Gasteiger partial charge in [-0.25, -0.2) is 0 Å². The van der Waals surface area contributed by atoms with E-state index in [1.165, 1.54) is 35.1 Å². The Balaban J connectivity index is 1.15. The standard InChI is InChI=1S/C27H29BrN2OS/c28-21-7-5-20(6-8-21)24-25(22-3-1-2-4-23(22)30-24)32-10-9-29-26(31)27-14-17-11-18(15-27)13-19(12-17)16-27/h1-8,17-19,30H,9-16H2,(H,29,31). The third kappa shape index (κ3) is 3.71. The molecular weight excluding hydrogens is 480 g/mol. The van der Waals surface area contributed by atoms with Gasteiger partial charge in [-0.15, -0.1) is 11.8 Å². The van der Waals surface area contributed by atoms with Gasteiger partial charge < -0.3 is 10.3 Å². The van der Waals surface area contributed by atoms with Crippen molar-refractivity contribution in [3.63, 3.8) is 0 Å². The summed E-state index contributed by atoms with van der Waals surface area (Å²) in [5.41, 5.74) is 3.45. The lowest BCUT2D eigenvalue weighted by molar-refractivity contribution is -0.146. The lowest BCUT2D eigenvalue weighted by Gasteiger charge is -2.55. The fourth-order valence-electron chi connectivity index (χ4n) is 6.98. The Morgan fingerprint density at radius 1 is 1.00 bits per heavy atom. The van der Waals surface area contributed by atoms with Gasteiger partial charge in [-0.1, -0.05) is 46.3 Å². The Morgan fingerprint density at radius 2 is 1.66 bits per heavy atom. The molecule has 4 aliphatic rings. The molecule has 1 aromatic heterocycles. The van der Waals surface area contributed by atoms with Crippen LogP contribution in [-0.2, 0) is 4.79 Å². The highest BCUT2D eigenvalue weighted by Gasteiger charge is 2.54. The molecular formula is C27H29BrN2OS. The van der Waals surface area contributed by atoms with Crippen LogP contribution < -0.4 is 5.32 Å². The molecule has 0 saturated heterocycles. The average molecular weight is 510 g/mol. The second-order valence-electron chi connectivity index (χ2n) is 10.2. The number of hydrogen-bond donors (Lipinski definition) is 2. The summed E-state index contributed by atoms with van der Waals surface area (Å²) in [6.45, 7) is 0.727. The Bertz CT molecular complexity index is 1120. The zero-order valence-electron chi connectivity index (χ0n) is 18.2. The van der Waals surface area contributed by atoms with E-state index in [0.29, 0.717) is 5.91 Å². The molecule has 166 valence electrons. The van der Waals surface area contributed by atoms with Crippen molar-refractivity contribution in [2.45, 2.75) is 43.4 Å². The monoisotopic (exact) mass is 508 g/mol. The predicted molar refractivity (Wildman–Crippen MR) is 136 cm³/mol. The molecule has 2 N–H and O–H groups in total. The first-order chi connectivity index (χ1) is 15.6. The van der Waals surface area contributed by atoms with E-state index < -0.39 is 0 Å². The minimum Gasteiger partial charge on any atom is -0.355 e. The van der Waals surface area contributed by atoms with Crippen LogP contribution in [0, 0.1) is 23.2 Å². The van der Waals surface area contributed by atoms with Crippen molar-refractivity contribution >= 4 is 44.5 Å². The number of rotatable bonds is 6. The van der Waals surface area contributed by atoms with Crippen molar-refractivity contribution in [2.75, 3.05) is 12.3 Å². The largest absolute Gasteiger partial charge is 0.355 e. The molecule has 4 saturated carbocycles. The maximum absolute atomic E-state index is 13.3. The Hall–Kier alpha value is -1.72. The summed E-state index contributed by atoms with van der Waals surface area (Å²) in [4.78, 5) is 18.1. The van der Waals surface area contributed by atoms with Gasteiger partial charge in [-0.3, -0.25) is 4.79 Å². The molecule has 2 aromatic carbocycles. The van der Waals surface area contributed by atoms with Crippen LogP contribution in [0.3, 0.4) is 0 Å². The van der Waals surface area contributed by atoms with Gasteiger partial charge in [0.2, 0.25) is 5.91 Å². The van der Waals surface area contributed by atoms with E-state index in [0.717, 1.165) is 65.0 Å². The molecule has 4 fully saturated rings. The van der Waals surface area contributed by atoms with E-state index >= 15 is 0 Å². The van der Waals surface area contributed by atoms with Crippen molar-refractivity contribution < 1.29 is 4.79 Å². The van der Waals surface area contributed by atoms with E-state index in [2.05, 4.69) is 74.8 Å². The first-order valence-electron chi connectivity index (χ1n) is 11.9. The summed E-state index contributed by atoms with van der Waals surface area (Å²) in [7, 11) is 0. The fourth-order valence-corrected chi connectivity index (χ4v) is 8.30. The Kier molecular flexibility index (Phi) is 5.38. The number of amides is 1. The number of fused-ring (bicyclic) bond motifs is 1. The van der Waals surface area contributed by atoms with Crippen LogP contribution in [0.25, 0.3) is 22.2 Å².